The third-order valence-electron chi connectivity index (χ3n) is 1.42. The van der Waals surface area contributed by atoms with Crippen molar-refractivity contribution in [3.05, 3.63) is 31.4 Å². The van der Waals surface area contributed by atoms with Crippen molar-refractivity contribution in [2.24, 2.45) is 7.05 Å². The standard InChI is InChI=1S/C8H13N2.BrH/c1-3-4-5-10-7-6-9(2)8-10;/h3,6-8H,1,4-5H2,2H3;1H/q+1;/p-1. The summed E-state index contributed by atoms with van der Waals surface area (Å²) in [6.07, 6.45) is 9.12. The Bertz CT molecular complexity index is 218. The second-order valence-corrected chi connectivity index (χ2v) is 2.39. The number of hydrogen-bond donors (Lipinski definition) is 0. The molecule has 0 atom stereocenters. The normalized spacial score (nSPS) is 8.82. The van der Waals surface area contributed by atoms with Crippen LogP contribution in [0, 0.1) is 0 Å². The average molecular weight is 217 g/mol. The number of halogens is 1. The summed E-state index contributed by atoms with van der Waals surface area (Å²) in [6, 6.07) is 0. The molecule has 0 N–H and O–H groups in total. The molecule has 0 aliphatic carbocycles. The minimum Gasteiger partial charge on any atom is -1.00 e. The third-order valence-corrected chi connectivity index (χ3v) is 1.42. The average Bonchev–Trinajstić information content (AvgIpc) is 2.31. The van der Waals surface area contributed by atoms with Gasteiger partial charge in [-0.25, -0.2) is 9.13 Å². The fourth-order valence-electron chi connectivity index (χ4n) is 0.874. The fraction of sp³-hybridized carbons (Fsp3) is 0.375. The summed E-state index contributed by atoms with van der Waals surface area (Å²) in [5.41, 5.74) is 0. The highest BCUT2D eigenvalue weighted by Gasteiger charge is 1.95. The van der Waals surface area contributed by atoms with E-state index < -0.39 is 0 Å². The van der Waals surface area contributed by atoms with E-state index >= 15 is 0 Å². The van der Waals surface area contributed by atoms with Crippen LogP contribution in [0.15, 0.2) is 31.4 Å². The Kier molecular flexibility index (Phi) is 4.86. The zero-order valence-electron chi connectivity index (χ0n) is 6.70. The second-order valence-electron chi connectivity index (χ2n) is 2.39. The molecule has 0 fully saturated rings. The van der Waals surface area contributed by atoms with Crippen LogP contribution in [-0.2, 0) is 13.6 Å². The predicted molar refractivity (Wildman–Crippen MR) is 40.4 cm³/mol. The highest BCUT2D eigenvalue weighted by Crippen LogP contribution is 1.88. The molecule has 0 spiro atoms. The van der Waals surface area contributed by atoms with Crippen molar-refractivity contribution in [2.45, 2.75) is 13.0 Å². The smallest absolute Gasteiger partial charge is 0.243 e. The maximum absolute atomic E-state index is 3.66. The minimum absolute atomic E-state index is 0. The first-order valence-corrected chi connectivity index (χ1v) is 3.45. The van der Waals surface area contributed by atoms with Gasteiger partial charge in [0.1, 0.15) is 12.4 Å². The Morgan fingerprint density at radius 2 is 2.36 bits per heavy atom. The summed E-state index contributed by atoms with van der Waals surface area (Å²) in [5, 5.41) is 0. The zero-order chi connectivity index (χ0) is 7.40. The van der Waals surface area contributed by atoms with E-state index in [9.17, 15) is 0 Å². The summed E-state index contributed by atoms with van der Waals surface area (Å²) >= 11 is 0. The van der Waals surface area contributed by atoms with Crippen LogP contribution in [0.1, 0.15) is 6.42 Å². The Morgan fingerprint density at radius 3 is 2.82 bits per heavy atom. The number of imidazole rings is 1. The SMILES string of the molecule is C=CCCn1cc[n+](C)c1.[Br-]. The van der Waals surface area contributed by atoms with E-state index in [-0.39, 0.29) is 17.0 Å². The highest BCUT2D eigenvalue weighted by atomic mass is 79.9. The summed E-state index contributed by atoms with van der Waals surface area (Å²) in [7, 11) is 2.02. The van der Waals surface area contributed by atoms with Crippen LogP contribution >= 0.6 is 0 Å². The molecular formula is C8H13BrN2. The first-order chi connectivity index (χ1) is 4.83. The van der Waals surface area contributed by atoms with Gasteiger partial charge >= 0.3 is 0 Å². The van der Waals surface area contributed by atoms with Gasteiger partial charge in [-0.05, 0) is 0 Å². The third kappa shape index (κ3) is 3.37. The van der Waals surface area contributed by atoms with Crippen LogP contribution in [0.2, 0.25) is 0 Å². The van der Waals surface area contributed by atoms with Crippen LogP contribution in [0.25, 0.3) is 0 Å². The largest absolute Gasteiger partial charge is 1.00 e. The van der Waals surface area contributed by atoms with Crippen LogP contribution in [0.3, 0.4) is 0 Å². The van der Waals surface area contributed by atoms with E-state index in [0.29, 0.717) is 0 Å². The molecule has 0 aromatic carbocycles. The lowest BCUT2D eigenvalue weighted by Gasteiger charge is -1.88. The summed E-state index contributed by atoms with van der Waals surface area (Å²) in [4.78, 5) is 0. The summed E-state index contributed by atoms with van der Waals surface area (Å²) < 4.78 is 4.17. The molecule has 1 heterocycles. The molecule has 0 bridgehead atoms. The van der Waals surface area contributed by atoms with Gasteiger partial charge in [0.15, 0.2) is 0 Å². The van der Waals surface area contributed by atoms with Crippen LogP contribution in [0.5, 0.6) is 0 Å². The minimum atomic E-state index is 0. The first-order valence-electron chi connectivity index (χ1n) is 3.45. The molecular weight excluding hydrogens is 204 g/mol. The molecule has 62 valence electrons. The fourth-order valence-corrected chi connectivity index (χ4v) is 0.874. The van der Waals surface area contributed by atoms with Crippen molar-refractivity contribution >= 4 is 0 Å². The number of aromatic nitrogens is 2. The molecule has 1 rings (SSSR count). The van der Waals surface area contributed by atoms with Gasteiger partial charge in [0.2, 0.25) is 6.33 Å². The van der Waals surface area contributed by atoms with E-state index in [1.165, 1.54) is 0 Å². The van der Waals surface area contributed by atoms with Gasteiger partial charge in [0.25, 0.3) is 0 Å². The quantitative estimate of drug-likeness (QED) is 0.405. The molecule has 1 aromatic heterocycles. The molecule has 11 heavy (non-hydrogen) atoms. The van der Waals surface area contributed by atoms with Gasteiger partial charge in [-0.3, -0.25) is 0 Å². The van der Waals surface area contributed by atoms with E-state index in [2.05, 4.69) is 23.7 Å². The Balaban J connectivity index is 0.000001000. The van der Waals surface area contributed by atoms with Crippen molar-refractivity contribution in [1.82, 2.24) is 4.57 Å². The van der Waals surface area contributed by atoms with E-state index in [0.717, 1.165) is 13.0 Å². The number of nitrogens with zero attached hydrogens (tertiary/aromatic N) is 2. The molecule has 1 aromatic rings. The van der Waals surface area contributed by atoms with Crippen molar-refractivity contribution in [2.75, 3.05) is 0 Å². The lowest BCUT2D eigenvalue weighted by atomic mass is 10.4. The molecule has 0 aliphatic heterocycles. The molecule has 0 unspecified atom stereocenters. The van der Waals surface area contributed by atoms with Crippen molar-refractivity contribution in [3.63, 3.8) is 0 Å². The maximum Gasteiger partial charge on any atom is 0.243 e. The molecule has 3 heteroatoms. The van der Waals surface area contributed by atoms with Crippen molar-refractivity contribution in [3.8, 4) is 0 Å². The van der Waals surface area contributed by atoms with Gasteiger partial charge < -0.3 is 17.0 Å². The molecule has 2 nitrogen and oxygen atoms in total. The molecule has 0 saturated carbocycles. The summed E-state index contributed by atoms with van der Waals surface area (Å²) in [6.45, 7) is 4.69. The maximum atomic E-state index is 3.66. The number of allylic oxidation sites excluding steroid dienone is 1. The predicted octanol–water partition coefficient (Wildman–Crippen LogP) is -2.11. The number of rotatable bonds is 3. The molecule has 0 saturated heterocycles. The highest BCUT2D eigenvalue weighted by molar-refractivity contribution is 4.71. The van der Waals surface area contributed by atoms with Gasteiger partial charge in [-0.15, -0.1) is 6.58 Å². The lowest BCUT2D eigenvalue weighted by molar-refractivity contribution is -0.671. The molecule has 0 aliphatic rings. The summed E-state index contributed by atoms with van der Waals surface area (Å²) in [5.74, 6) is 0. The van der Waals surface area contributed by atoms with Gasteiger partial charge in [0, 0.05) is 6.42 Å². The van der Waals surface area contributed by atoms with Gasteiger partial charge in [0.05, 0.1) is 13.6 Å². The molecule has 0 amide bonds. The van der Waals surface area contributed by atoms with E-state index in [1.54, 1.807) is 0 Å². The van der Waals surface area contributed by atoms with Gasteiger partial charge in [-0.1, -0.05) is 6.08 Å². The van der Waals surface area contributed by atoms with E-state index in [1.807, 2.05) is 23.9 Å². The van der Waals surface area contributed by atoms with Crippen LogP contribution in [0.4, 0.5) is 0 Å². The first kappa shape index (κ1) is 10.4. The second kappa shape index (κ2) is 5.13. The van der Waals surface area contributed by atoms with Crippen molar-refractivity contribution < 1.29 is 21.5 Å². The zero-order valence-corrected chi connectivity index (χ0v) is 8.29. The Labute approximate surface area is 77.9 Å². The number of aryl methyl sites for hydroxylation is 2. The topological polar surface area (TPSA) is 8.81 Å². The van der Waals surface area contributed by atoms with Crippen molar-refractivity contribution in [1.29, 1.82) is 0 Å². The van der Waals surface area contributed by atoms with Crippen LogP contribution in [-0.4, -0.2) is 4.57 Å². The monoisotopic (exact) mass is 216 g/mol. The number of hydrogen-bond acceptors (Lipinski definition) is 0. The van der Waals surface area contributed by atoms with Gasteiger partial charge in [-0.2, -0.15) is 0 Å². The van der Waals surface area contributed by atoms with Crippen LogP contribution < -0.4 is 21.5 Å². The lowest BCUT2D eigenvalue weighted by Crippen LogP contribution is -3.00. The Hall–Kier alpha value is -0.570. The molecule has 0 radical (unpaired) electrons. The van der Waals surface area contributed by atoms with E-state index in [4.69, 9.17) is 0 Å². The Morgan fingerprint density at radius 1 is 1.64 bits per heavy atom.